The van der Waals surface area contributed by atoms with Crippen LogP contribution in [0, 0.1) is 0 Å². The standard InChI is InChI=1S/C15H37NO5Si3/c1-22(2,3)18-10-11-13(20-23(4,5)6)14(21-24(7,8)9)12(16)15(17)19-11/h11-15,17H,10,16H2,1-9H3/t11?,12?,13-,14?,15+/m1/s1. The predicted molar refractivity (Wildman–Crippen MR) is 105 cm³/mol. The minimum absolute atomic E-state index is 0.321. The van der Waals surface area contributed by atoms with Crippen LogP contribution in [0.4, 0.5) is 0 Å². The fraction of sp³-hybridized carbons (Fsp3) is 1.00. The zero-order chi connectivity index (χ0) is 18.9. The number of aliphatic hydroxyl groups is 1. The third kappa shape index (κ3) is 7.75. The van der Waals surface area contributed by atoms with Gasteiger partial charge in [0.15, 0.2) is 31.2 Å². The van der Waals surface area contributed by atoms with Crippen molar-refractivity contribution in [3.05, 3.63) is 0 Å². The summed E-state index contributed by atoms with van der Waals surface area (Å²) >= 11 is 0. The van der Waals surface area contributed by atoms with E-state index in [1.54, 1.807) is 0 Å². The highest BCUT2D eigenvalue weighted by Gasteiger charge is 2.48. The van der Waals surface area contributed by atoms with Crippen LogP contribution >= 0.6 is 0 Å². The van der Waals surface area contributed by atoms with Crippen LogP contribution < -0.4 is 5.73 Å². The lowest BCUT2D eigenvalue weighted by Crippen LogP contribution is -2.66. The average Bonchev–Trinajstić information content (AvgIpc) is 2.32. The Morgan fingerprint density at radius 2 is 1.29 bits per heavy atom. The summed E-state index contributed by atoms with van der Waals surface area (Å²) < 4.78 is 24.5. The molecule has 0 aromatic heterocycles. The topological polar surface area (TPSA) is 83.2 Å². The fourth-order valence-corrected chi connectivity index (χ4v) is 5.39. The first-order chi connectivity index (χ1) is 10.6. The van der Waals surface area contributed by atoms with Crippen molar-refractivity contribution in [3.8, 4) is 0 Å². The Balaban J connectivity index is 3.05. The third-order valence-corrected chi connectivity index (χ3v) is 6.36. The summed E-state index contributed by atoms with van der Waals surface area (Å²) in [6.07, 6.45) is -2.15. The number of aliphatic hydroxyl groups excluding tert-OH is 1. The van der Waals surface area contributed by atoms with Crippen molar-refractivity contribution in [1.82, 2.24) is 0 Å². The van der Waals surface area contributed by atoms with Crippen LogP contribution in [-0.4, -0.2) is 67.3 Å². The lowest BCUT2D eigenvalue weighted by Gasteiger charge is -2.47. The molecule has 6 nitrogen and oxygen atoms in total. The van der Waals surface area contributed by atoms with Gasteiger partial charge in [0.25, 0.3) is 0 Å². The second-order valence-electron chi connectivity index (χ2n) is 9.46. The Morgan fingerprint density at radius 1 is 0.833 bits per heavy atom. The van der Waals surface area contributed by atoms with Crippen molar-refractivity contribution in [1.29, 1.82) is 0 Å². The van der Waals surface area contributed by atoms with E-state index < -0.39 is 37.3 Å². The first-order valence-corrected chi connectivity index (χ1v) is 18.9. The van der Waals surface area contributed by atoms with Gasteiger partial charge in [-0.3, -0.25) is 0 Å². The Labute approximate surface area is 150 Å². The van der Waals surface area contributed by atoms with Crippen molar-refractivity contribution >= 4 is 25.0 Å². The highest BCUT2D eigenvalue weighted by atomic mass is 28.4. The molecule has 0 radical (unpaired) electrons. The monoisotopic (exact) mass is 395 g/mol. The number of ether oxygens (including phenoxy) is 1. The molecule has 5 atom stereocenters. The molecule has 1 saturated heterocycles. The van der Waals surface area contributed by atoms with Gasteiger partial charge < -0.3 is 28.9 Å². The van der Waals surface area contributed by atoms with Gasteiger partial charge in [-0.1, -0.05) is 0 Å². The van der Waals surface area contributed by atoms with Crippen molar-refractivity contribution in [2.75, 3.05) is 6.61 Å². The first-order valence-electron chi connectivity index (χ1n) is 8.68. The molecule has 3 unspecified atom stereocenters. The Morgan fingerprint density at radius 3 is 1.71 bits per heavy atom. The number of rotatable bonds is 7. The number of nitrogens with two attached hydrogens (primary N) is 1. The van der Waals surface area contributed by atoms with E-state index in [1.807, 2.05) is 0 Å². The molecule has 9 heteroatoms. The maximum absolute atomic E-state index is 10.3. The maximum Gasteiger partial charge on any atom is 0.184 e. The number of hydrogen-bond donors (Lipinski definition) is 2. The summed E-state index contributed by atoms with van der Waals surface area (Å²) in [6, 6.07) is -0.624. The van der Waals surface area contributed by atoms with Crippen LogP contribution in [0.25, 0.3) is 0 Å². The van der Waals surface area contributed by atoms with Crippen LogP contribution in [0.3, 0.4) is 0 Å². The van der Waals surface area contributed by atoms with Gasteiger partial charge in [0.05, 0.1) is 18.8 Å². The normalized spacial score (nSPS) is 32.9. The fourth-order valence-electron chi connectivity index (χ4n) is 2.51. The molecular weight excluding hydrogens is 358 g/mol. The van der Waals surface area contributed by atoms with Gasteiger partial charge in [-0.15, -0.1) is 0 Å². The van der Waals surface area contributed by atoms with E-state index in [0.717, 1.165) is 0 Å². The molecule has 0 bridgehead atoms. The molecule has 1 fully saturated rings. The highest BCUT2D eigenvalue weighted by Crippen LogP contribution is 2.29. The van der Waals surface area contributed by atoms with Crippen molar-refractivity contribution in [2.45, 2.75) is 89.6 Å². The molecule has 0 saturated carbocycles. The second kappa shape index (κ2) is 7.97. The molecule has 1 heterocycles. The van der Waals surface area contributed by atoms with Gasteiger partial charge in [0.2, 0.25) is 0 Å². The van der Waals surface area contributed by atoms with Crippen molar-refractivity contribution in [2.24, 2.45) is 5.73 Å². The van der Waals surface area contributed by atoms with Crippen LogP contribution in [0.2, 0.25) is 58.9 Å². The van der Waals surface area contributed by atoms with Crippen molar-refractivity contribution < 1.29 is 23.1 Å². The minimum Gasteiger partial charge on any atom is -0.415 e. The number of hydrogen-bond acceptors (Lipinski definition) is 6. The van der Waals surface area contributed by atoms with Gasteiger partial charge >= 0.3 is 0 Å². The van der Waals surface area contributed by atoms with E-state index in [4.69, 9.17) is 23.7 Å². The summed E-state index contributed by atoms with van der Waals surface area (Å²) in [7, 11) is -5.43. The lowest BCUT2D eigenvalue weighted by molar-refractivity contribution is -0.240. The van der Waals surface area contributed by atoms with Crippen LogP contribution in [-0.2, 0) is 18.0 Å². The summed E-state index contributed by atoms with van der Waals surface area (Å²) in [5, 5.41) is 10.3. The minimum atomic E-state index is -1.87. The average molecular weight is 396 g/mol. The molecule has 0 aromatic rings. The van der Waals surface area contributed by atoms with E-state index >= 15 is 0 Å². The summed E-state index contributed by atoms with van der Waals surface area (Å²) in [5.41, 5.74) is 6.21. The van der Waals surface area contributed by atoms with Gasteiger partial charge in [-0.2, -0.15) is 0 Å². The largest absolute Gasteiger partial charge is 0.415 e. The molecule has 1 aliphatic rings. The second-order valence-corrected chi connectivity index (χ2v) is 22.9. The summed E-state index contributed by atoms with van der Waals surface area (Å²) in [4.78, 5) is 0. The van der Waals surface area contributed by atoms with Gasteiger partial charge in [-0.05, 0) is 58.9 Å². The quantitative estimate of drug-likeness (QED) is 0.644. The van der Waals surface area contributed by atoms with E-state index in [2.05, 4.69) is 58.9 Å². The third-order valence-electron chi connectivity index (χ3n) is 3.37. The highest BCUT2D eigenvalue weighted by molar-refractivity contribution is 6.70. The molecular formula is C15H37NO5Si3. The molecule has 3 N–H and O–H groups in total. The molecule has 1 rings (SSSR count). The van der Waals surface area contributed by atoms with Gasteiger partial charge in [-0.25, -0.2) is 0 Å². The lowest BCUT2D eigenvalue weighted by atomic mass is 9.98. The van der Waals surface area contributed by atoms with E-state index in [0.29, 0.717) is 6.61 Å². The molecule has 144 valence electrons. The molecule has 1 aliphatic heterocycles. The molecule has 0 amide bonds. The van der Waals surface area contributed by atoms with E-state index in [9.17, 15) is 5.11 Å². The zero-order valence-corrected chi connectivity index (χ0v) is 19.8. The van der Waals surface area contributed by atoms with Crippen molar-refractivity contribution in [3.63, 3.8) is 0 Å². The molecule has 24 heavy (non-hydrogen) atoms. The molecule has 0 aliphatic carbocycles. The first kappa shape index (κ1) is 22.5. The SMILES string of the molecule is C[Si](C)(C)OCC1O[C@H](O)C(N)C(O[Si](C)(C)C)[C@@H]1O[Si](C)(C)C. The molecule has 0 spiro atoms. The van der Waals surface area contributed by atoms with Crippen LogP contribution in [0.1, 0.15) is 0 Å². The Kier molecular flexibility index (Phi) is 7.46. The van der Waals surface area contributed by atoms with Crippen LogP contribution in [0.5, 0.6) is 0 Å². The Hall–Kier alpha value is 0.411. The maximum atomic E-state index is 10.3. The van der Waals surface area contributed by atoms with E-state index in [-0.39, 0.29) is 18.3 Å². The van der Waals surface area contributed by atoms with E-state index in [1.165, 1.54) is 0 Å². The van der Waals surface area contributed by atoms with Crippen LogP contribution in [0.15, 0.2) is 0 Å². The predicted octanol–water partition coefficient (Wildman–Crippen LogP) is 2.32. The van der Waals surface area contributed by atoms with Gasteiger partial charge in [0.1, 0.15) is 12.2 Å². The zero-order valence-electron chi connectivity index (χ0n) is 16.8. The van der Waals surface area contributed by atoms with Gasteiger partial charge in [0, 0.05) is 0 Å². The summed E-state index contributed by atoms with van der Waals surface area (Å²) in [6.45, 7) is 19.5. The summed E-state index contributed by atoms with van der Waals surface area (Å²) in [5.74, 6) is 0. The smallest absolute Gasteiger partial charge is 0.184 e. The molecule has 0 aromatic carbocycles. The Bertz CT molecular complexity index is 405.